The number of halogens is 1. The van der Waals surface area contributed by atoms with Crippen LogP contribution in [0, 0.1) is 5.82 Å². The van der Waals surface area contributed by atoms with Crippen LogP contribution in [-0.4, -0.2) is 19.2 Å². The molecule has 1 aromatic heterocycles. The molecule has 18 heavy (non-hydrogen) atoms. The van der Waals surface area contributed by atoms with Gasteiger partial charge in [-0.1, -0.05) is 0 Å². The lowest BCUT2D eigenvalue weighted by molar-refractivity contribution is 0.584. The number of rotatable bonds is 3. The molecule has 0 atom stereocenters. The van der Waals surface area contributed by atoms with Gasteiger partial charge in [0.25, 0.3) is 0 Å². The molecule has 98 valence electrons. The number of benzene rings is 1. The zero-order valence-electron chi connectivity index (χ0n) is 10.6. The Morgan fingerprint density at radius 3 is 2.50 bits per heavy atom. The first-order valence-electron chi connectivity index (χ1n) is 5.75. The molecule has 0 spiro atoms. The number of fused-ring (bicyclic) bond motifs is 1. The van der Waals surface area contributed by atoms with E-state index in [0.29, 0.717) is 5.69 Å². The standard InChI is InChI=1S/C13H16FNO2S/c1-9(2)15-12(8-18(3,16)17)7-10-6-11(14)4-5-13(10)15/h4-7,9H,8H2,1-3H3. The third-order valence-electron chi connectivity index (χ3n) is 2.81. The van der Waals surface area contributed by atoms with Crippen LogP contribution in [-0.2, 0) is 15.6 Å². The molecular formula is C13H16FNO2S. The molecule has 0 amide bonds. The first-order chi connectivity index (χ1) is 8.28. The fraction of sp³-hybridized carbons (Fsp3) is 0.385. The maximum atomic E-state index is 13.2. The summed E-state index contributed by atoms with van der Waals surface area (Å²) in [6.45, 7) is 3.96. The Morgan fingerprint density at radius 1 is 1.28 bits per heavy atom. The second kappa shape index (κ2) is 4.39. The molecule has 0 fully saturated rings. The second-order valence-corrected chi connectivity index (χ2v) is 7.01. The van der Waals surface area contributed by atoms with Crippen LogP contribution in [0.15, 0.2) is 24.3 Å². The molecule has 0 radical (unpaired) electrons. The van der Waals surface area contributed by atoms with Gasteiger partial charge in [-0.25, -0.2) is 12.8 Å². The van der Waals surface area contributed by atoms with E-state index in [1.54, 1.807) is 12.1 Å². The molecule has 0 unspecified atom stereocenters. The van der Waals surface area contributed by atoms with Crippen LogP contribution in [0.25, 0.3) is 10.9 Å². The molecule has 0 aliphatic carbocycles. The Bertz CT molecular complexity index is 686. The van der Waals surface area contributed by atoms with Crippen molar-refractivity contribution in [3.8, 4) is 0 Å². The maximum absolute atomic E-state index is 13.2. The van der Waals surface area contributed by atoms with Crippen molar-refractivity contribution in [3.05, 3.63) is 35.8 Å². The molecule has 0 saturated heterocycles. The normalized spacial score (nSPS) is 12.5. The fourth-order valence-corrected chi connectivity index (χ4v) is 3.01. The van der Waals surface area contributed by atoms with Gasteiger partial charge in [-0.15, -0.1) is 0 Å². The van der Waals surface area contributed by atoms with Gasteiger partial charge in [0.2, 0.25) is 0 Å². The third-order valence-corrected chi connectivity index (χ3v) is 3.63. The average molecular weight is 269 g/mol. The highest BCUT2D eigenvalue weighted by Crippen LogP contribution is 2.26. The van der Waals surface area contributed by atoms with Gasteiger partial charge in [0, 0.05) is 28.9 Å². The predicted molar refractivity (Wildman–Crippen MR) is 70.8 cm³/mol. The molecule has 0 N–H and O–H groups in total. The van der Waals surface area contributed by atoms with Gasteiger partial charge in [-0.3, -0.25) is 0 Å². The zero-order valence-corrected chi connectivity index (χ0v) is 11.5. The number of hydrogen-bond acceptors (Lipinski definition) is 2. The molecule has 2 rings (SSSR count). The average Bonchev–Trinajstić information content (AvgIpc) is 2.51. The molecule has 1 aromatic carbocycles. The SMILES string of the molecule is CC(C)n1c(CS(C)(=O)=O)cc2cc(F)ccc21. The minimum absolute atomic E-state index is 0.0263. The van der Waals surface area contributed by atoms with E-state index in [-0.39, 0.29) is 17.6 Å². The highest BCUT2D eigenvalue weighted by atomic mass is 32.2. The highest BCUT2D eigenvalue weighted by Gasteiger charge is 2.15. The molecule has 5 heteroatoms. The summed E-state index contributed by atoms with van der Waals surface area (Å²) in [7, 11) is -3.11. The molecule has 3 nitrogen and oxygen atoms in total. The third kappa shape index (κ3) is 2.56. The van der Waals surface area contributed by atoms with E-state index in [4.69, 9.17) is 0 Å². The second-order valence-electron chi connectivity index (χ2n) is 4.87. The van der Waals surface area contributed by atoms with Crippen molar-refractivity contribution in [2.75, 3.05) is 6.26 Å². The van der Waals surface area contributed by atoms with Gasteiger partial charge in [-0.2, -0.15) is 0 Å². The predicted octanol–water partition coefficient (Wildman–Crippen LogP) is 2.91. The first-order valence-corrected chi connectivity index (χ1v) is 7.81. The Labute approximate surface area is 106 Å². The number of nitrogens with zero attached hydrogens (tertiary/aromatic N) is 1. The Morgan fingerprint density at radius 2 is 1.94 bits per heavy atom. The zero-order chi connectivity index (χ0) is 13.5. The smallest absolute Gasteiger partial charge is 0.153 e. The molecule has 0 aliphatic rings. The van der Waals surface area contributed by atoms with E-state index >= 15 is 0 Å². The lowest BCUT2D eigenvalue weighted by Crippen LogP contribution is -2.09. The molecule has 0 aliphatic heterocycles. The summed E-state index contributed by atoms with van der Waals surface area (Å²) >= 11 is 0. The Balaban J connectivity index is 2.68. The quantitative estimate of drug-likeness (QED) is 0.859. The summed E-state index contributed by atoms with van der Waals surface area (Å²) in [6.07, 6.45) is 1.20. The van der Waals surface area contributed by atoms with Crippen molar-refractivity contribution in [3.63, 3.8) is 0 Å². The summed E-state index contributed by atoms with van der Waals surface area (Å²) < 4.78 is 38.0. The molecular weight excluding hydrogens is 253 g/mol. The van der Waals surface area contributed by atoms with Gasteiger partial charge in [-0.05, 0) is 38.1 Å². The van der Waals surface area contributed by atoms with E-state index in [9.17, 15) is 12.8 Å². The van der Waals surface area contributed by atoms with Crippen LogP contribution in [0.2, 0.25) is 0 Å². The fourth-order valence-electron chi connectivity index (χ4n) is 2.25. The van der Waals surface area contributed by atoms with Crippen molar-refractivity contribution in [1.82, 2.24) is 4.57 Å². The molecule has 2 aromatic rings. The minimum Gasteiger partial charge on any atom is -0.341 e. The van der Waals surface area contributed by atoms with E-state index in [1.807, 2.05) is 18.4 Å². The van der Waals surface area contributed by atoms with Crippen molar-refractivity contribution in [2.24, 2.45) is 0 Å². The summed E-state index contributed by atoms with van der Waals surface area (Å²) in [5.74, 6) is -0.337. The summed E-state index contributed by atoms with van der Waals surface area (Å²) in [6, 6.07) is 6.39. The van der Waals surface area contributed by atoms with Crippen molar-refractivity contribution >= 4 is 20.7 Å². The monoisotopic (exact) mass is 269 g/mol. The Hall–Kier alpha value is -1.36. The topological polar surface area (TPSA) is 39.1 Å². The van der Waals surface area contributed by atoms with Gasteiger partial charge in [0.15, 0.2) is 9.84 Å². The summed E-state index contributed by atoms with van der Waals surface area (Å²) in [5.41, 5.74) is 1.57. The van der Waals surface area contributed by atoms with Crippen LogP contribution < -0.4 is 0 Å². The van der Waals surface area contributed by atoms with Gasteiger partial charge in [0.1, 0.15) is 5.82 Å². The lowest BCUT2D eigenvalue weighted by Gasteiger charge is -2.14. The largest absolute Gasteiger partial charge is 0.341 e. The lowest BCUT2D eigenvalue weighted by atomic mass is 10.2. The maximum Gasteiger partial charge on any atom is 0.153 e. The van der Waals surface area contributed by atoms with Gasteiger partial charge >= 0.3 is 0 Å². The Kier molecular flexibility index (Phi) is 3.19. The van der Waals surface area contributed by atoms with Crippen molar-refractivity contribution in [2.45, 2.75) is 25.6 Å². The van der Waals surface area contributed by atoms with E-state index in [0.717, 1.165) is 10.9 Å². The summed E-state index contributed by atoms with van der Waals surface area (Å²) in [4.78, 5) is 0. The van der Waals surface area contributed by atoms with Crippen LogP contribution in [0.1, 0.15) is 25.6 Å². The molecule has 0 saturated carbocycles. The number of hydrogen-bond donors (Lipinski definition) is 0. The first kappa shape index (κ1) is 13.1. The molecule has 0 bridgehead atoms. The highest BCUT2D eigenvalue weighted by molar-refractivity contribution is 7.89. The van der Waals surface area contributed by atoms with Crippen molar-refractivity contribution in [1.29, 1.82) is 0 Å². The van der Waals surface area contributed by atoms with Crippen molar-refractivity contribution < 1.29 is 12.8 Å². The molecule has 1 heterocycles. The van der Waals surface area contributed by atoms with Crippen LogP contribution in [0.3, 0.4) is 0 Å². The van der Waals surface area contributed by atoms with E-state index in [2.05, 4.69) is 0 Å². The van der Waals surface area contributed by atoms with E-state index in [1.165, 1.54) is 18.4 Å². The van der Waals surface area contributed by atoms with Gasteiger partial charge < -0.3 is 4.57 Å². The summed E-state index contributed by atoms with van der Waals surface area (Å²) in [5, 5.41) is 0.738. The van der Waals surface area contributed by atoms with Gasteiger partial charge in [0.05, 0.1) is 5.75 Å². The van der Waals surface area contributed by atoms with Crippen LogP contribution >= 0.6 is 0 Å². The van der Waals surface area contributed by atoms with Crippen LogP contribution in [0.4, 0.5) is 4.39 Å². The minimum atomic E-state index is -3.11. The van der Waals surface area contributed by atoms with Crippen LogP contribution in [0.5, 0.6) is 0 Å². The number of sulfone groups is 1. The van der Waals surface area contributed by atoms with E-state index < -0.39 is 9.84 Å². The number of aromatic nitrogens is 1.